The van der Waals surface area contributed by atoms with Crippen molar-refractivity contribution in [3.05, 3.63) is 53.9 Å². The maximum absolute atomic E-state index is 11.8. The van der Waals surface area contributed by atoms with Crippen LogP contribution in [0.15, 0.2) is 42.7 Å². The van der Waals surface area contributed by atoms with E-state index in [1.54, 1.807) is 12.1 Å². The number of ether oxygens (including phenoxy) is 1. The fourth-order valence-corrected chi connectivity index (χ4v) is 1.84. The van der Waals surface area contributed by atoms with Crippen LogP contribution in [0.4, 0.5) is 0 Å². The molecular formula is C14H11NO4. The van der Waals surface area contributed by atoms with Crippen LogP contribution in [0, 0.1) is 0 Å². The Balaban J connectivity index is 2.74. The van der Waals surface area contributed by atoms with Crippen LogP contribution in [-0.4, -0.2) is 29.1 Å². The van der Waals surface area contributed by atoms with Crippen LogP contribution in [0.3, 0.4) is 0 Å². The summed E-state index contributed by atoms with van der Waals surface area (Å²) in [5, 5.41) is 9.24. The van der Waals surface area contributed by atoms with E-state index < -0.39 is 11.9 Å². The smallest absolute Gasteiger partial charge is 0.338 e. The molecule has 0 saturated carbocycles. The van der Waals surface area contributed by atoms with Gasteiger partial charge in [-0.05, 0) is 29.8 Å². The summed E-state index contributed by atoms with van der Waals surface area (Å²) in [4.78, 5) is 26.9. The van der Waals surface area contributed by atoms with Gasteiger partial charge in [0, 0.05) is 18.0 Å². The number of esters is 1. The van der Waals surface area contributed by atoms with Gasteiger partial charge in [-0.3, -0.25) is 4.98 Å². The number of carboxylic acid groups (broad SMARTS) is 1. The number of hydrogen-bond acceptors (Lipinski definition) is 4. The summed E-state index contributed by atoms with van der Waals surface area (Å²) in [5.74, 6) is -1.67. The van der Waals surface area contributed by atoms with Gasteiger partial charge in [0.25, 0.3) is 0 Å². The van der Waals surface area contributed by atoms with Crippen molar-refractivity contribution in [2.45, 2.75) is 0 Å². The summed E-state index contributed by atoms with van der Waals surface area (Å²) in [6.45, 7) is 0. The summed E-state index contributed by atoms with van der Waals surface area (Å²) in [6.07, 6.45) is 3.07. The van der Waals surface area contributed by atoms with E-state index in [-0.39, 0.29) is 11.1 Å². The SMILES string of the molecule is COC(=O)c1cccc(C(=O)O)c1-c1ccncc1. The van der Waals surface area contributed by atoms with Crippen molar-refractivity contribution in [2.75, 3.05) is 7.11 Å². The van der Waals surface area contributed by atoms with E-state index in [0.717, 1.165) is 0 Å². The monoisotopic (exact) mass is 257 g/mol. The van der Waals surface area contributed by atoms with E-state index in [1.807, 2.05) is 0 Å². The number of benzene rings is 1. The Bertz CT molecular complexity index is 623. The first-order chi connectivity index (χ1) is 9.15. The molecule has 2 rings (SSSR count). The van der Waals surface area contributed by atoms with Crippen LogP contribution in [-0.2, 0) is 4.74 Å². The molecule has 1 aromatic carbocycles. The highest BCUT2D eigenvalue weighted by molar-refractivity contribution is 6.05. The largest absolute Gasteiger partial charge is 0.478 e. The molecule has 5 heteroatoms. The Morgan fingerprint density at radius 2 is 1.74 bits per heavy atom. The van der Waals surface area contributed by atoms with Gasteiger partial charge in [0.2, 0.25) is 0 Å². The van der Waals surface area contributed by atoms with Gasteiger partial charge in [-0.15, -0.1) is 0 Å². The van der Waals surface area contributed by atoms with E-state index in [2.05, 4.69) is 9.72 Å². The third-order valence-electron chi connectivity index (χ3n) is 2.67. The minimum atomic E-state index is -1.10. The third kappa shape index (κ3) is 2.44. The number of carbonyl (C=O) groups excluding carboxylic acids is 1. The molecule has 0 bridgehead atoms. The number of carboxylic acids is 1. The number of methoxy groups -OCH3 is 1. The number of carbonyl (C=O) groups is 2. The second kappa shape index (κ2) is 5.30. The number of aromatic carboxylic acids is 1. The van der Waals surface area contributed by atoms with Gasteiger partial charge in [0.1, 0.15) is 0 Å². The molecule has 96 valence electrons. The van der Waals surface area contributed by atoms with Crippen molar-refractivity contribution < 1.29 is 19.4 Å². The zero-order chi connectivity index (χ0) is 13.8. The molecule has 0 aliphatic rings. The lowest BCUT2D eigenvalue weighted by Crippen LogP contribution is -2.08. The maximum atomic E-state index is 11.8. The van der Waals surface area contributed by atoms with Gasteiger partial charge in [0.15, 0.2) is 0 Å². The predicted molar refractivity (Wildman–Crippen MR) is 68.0 cm³/mol. The van der Waals surface area contributed by atoms with Gasteiger partial charge in [-0.2, -0.15) is 0 Å². The highest BCUT2D eigenvalue weighted by atomic mass is 16.5. The normalized spacial score (nSPS) is 9.95. The molecule has 1 N–H and O–H groups in total. The molecule has 0 aliphatic heterocycles. The summed E-state index contributed by atoms with van der Waals surface area (Å²) >= 11 is 0. The lowest BCUT2D eigenvalue weighted by molar-refractivity contribution is 0.0601. The second-order valence-corrected chi connectivity index (χ2v) is 3.76. The first kappa shape index (κ1) is 12.8. The molecule has 0 unspecified atom stereocenters. The fraction of sp³-hybridized carbons (Fsp3) is 0.0714. The Kier molecular flexibility index (Phi) is 3.56. The summed E-state index contributed by atoms with van der Waals surface area (Å²) in [6, 6.07) is 7.79. The van der Waals surface area contributed by atoms with Crippen LogP contribution in [0.25, 0.3) is 11.1 Å². The first-order valence-electron chi connectivity index (χ1n) is 5.50. The van der Waals surface area contributed by atoms with E-state index in [0.29, 0.717) is 11.1 Å². The number of nitrogens with zero attached hydrogens (tertiary/aromatic N) is 1. The van der Waals surface area contributed by atoms with Crippen molar-refractivity contribution in [2.24, 2.45) is 0 Å². The fourth-order valence-electron chi connectivity index (χ4n) is 1.84. The standard InChI is InChI=1S/C14H11NO4/c1-19-14(18)11-4-2-3-10(13(16)17)12(11)9-5-7-15-8-6-9/h2-8H,1H3,(H,16,17). The molecule has 0 aliphatic carbocycles. The van der Waals surface area contributed by atoms with E-state index in [9.17, 15) is 14.7 Å². The van der Waals surface area contributed by atoms with E-state index in [4.69, 9.17) is 0 Å². The molecule has 5 nitrogen and oxygen atoms in total. The van der Waals surface area contributed by atoms with Gasteiger partial charge in [-0.1, -0.05) is 6.07 Å². The minimum Gasteiger partial charge on any atom is -0.478 e. The first-order valence-corrected chi connectivity index (χ1v) is 5.50. The molecule has 2 aromatic rings. The molecule has 1 heterocycles. The molecule has 0 spiro atoms. The molecule has 0 saturated heterocycles. The Morgan fingerprint density at radius 3 is 2.32 bits per heavy atom. The maximum Gasteiger partial charge on any atom is 0.338 e. The summed E-state index contributed by atoms with van der Waals surface area (Å²) in [5.41, 5.74) is 1.21. The molecule has 0 fully saturated rings. The molecule has 0 atom stereocenters. The van der Waals surface area contributed by atoms with Crippen LogP contribution < -0.4 is 0 Å². The number of hydrogen-bond donors (Lipinski definition) is 1. The van der Waals surface area contributed by atoms with Crippen LogP contribution in [0.2, 0.25) is 0 Å². The molecule has 1 aromatic heterocycles. The van der Waals surface area contributed by atoms with Crippen molar-refractivity contribution in [1.29, 1.82) is 0 Å². The molecular weight excluding hydrogens is 246 g/mol. The molecule has 0 amide bonds. The average Bonchev–Trinajstić information content (AvgIpc) is 2.46. The summed E-state index contributed by atoms with van der Waals surface area (Å²) < 4.78 is 4.69. The Labute approximate surface area is 109 Å². The quantitative estimate of drug-likeness (QED) is 0.853. The third-order valence-corrected chi connectivity index (χ3v) is 2.67. The average molecular weight is 257 g/mol. The topological polar surface area (TPSA) is 76.5 Å². The van der Waals surface area contributed by atoms with Crippen molar-refractivity contribution in [3.8, 4) is 11.1 Å². The minimum absolute atomic E-state index is 0.0501. The van der Waals surface area contributed by atoms with Gasteiger partial charge < -0.3 is 9.84 Å². The number of pyridine rings is 1. The highest BCUT2D eigenvalue weighted by Crippen LogP contribution is 2.28. The number of aromatic nitrogens is 1. The van der Waals surface area contributed by atoms with Crippen molar-refractivity contribution >= 4 is 11.9 Å². The lowest BCUT2D eigenvalue weighted by atomic mass is 9.95. The van der Waals surface area contributed by atoms with Gasteiger partial charge >= 0.3 is 11.9 Å². The van der Waals surface area contributed by atoms with Crippen molar-refractivity contribution in [1.82, 2.24) is 4.98 Å². The van der Waals surface area contributed by atoms with Crippen molar-refractivity contribution in [3.63, 3.8) is 0 Å². The zero-order valence-electron chi connectivity index (χ0n) is 10.2. The van der Waals surface area contributed by atoms with Gasteiger partial charge in [0.05, 0.1) is 18.2 Å². The Morgan fingerprint density at radius 1 is 1.11 bits per heavy atom. The van der Waals surface area contributed by atoms with Crippen LogP contribution in [0.5, 0.6) is 0 Å². The van der Waals surface area contributed by atoms with E-state index in [1.165, 1.54) is 37.7 Å². The number of rotatable bonds is 3. The zero-order valence-corrected chi connectivity index (χ0v) is 10.2. The van der Waals surface area contributed by atoms with E-state index >= 15 is 0 Å². The highest BCUT2D eigenvalue weighted by Gasteiger charge is 2.20. The van der Waals surface area contributed by atoms with Crippen LogP contribution in [0.1, 0.15) is 20.7 Å². The Hall–Kier alpha value is -2.69. The molecule has 0 radical (unpaired) electrons. The summed E-state index contributed by atoms with van der Waals surface area (Å²) in [7, 11) is 1.26. The molecule has 19 heavy (non-hydrogen) atoms. The van der Waals surface area contributed by atoms with Crippen LogP contribution >= 0.6 is 0 Å². The second-order valence-electron chi connectivity index (χ2n) is 3.76. The lowest BCUT2D eigenvalue weighted by Gasteiger charge is -2.11. The van der Waals surface area contributed by atoms with Gasteiger partial charge in [-0.25, -0.2) is 9.59 Å². The predicted octanol–water partition coefficient (Wildman–Crippen LogP) is 2.23.